The molecule has 0 aromatic carbocycles. The number of allylic oxidation sites excluding steroid dienone is 4. The Hall–Kier alpha value is 1.51. The summed E-state index contributed by atoms with van der Waals surface area (Å²) in [7, 11) is 0. The third-order valence-electron chi connectivity index (χ3n) is 2.24. The molecule has 0 radical (unpaired) electrons. The van der Waals surface area contributed by atoms with Gasteiger partial charge in [0.05, 0.1) is 15.4 Å². The summed E-state index contributed by atoms with van der Waals surface area (Å²) in [6.45, 7) is 0. The monoisotopic (exact) mass is 330 g/mol. The summed E-state index contributed by atoms with van der Waals surface area (Å²) in [5.41, 5.74) is 0.711. The van der Waals surface area contributed by atoms with Crippen LogP contribution in [0, 0.1) is 0 Å². The summed E-state index contributed by atoms with van der Waals surface area (Å²) in [4.78, 5) is 0. The lowest BCUT2D eigenvalue weighted by Gasteiger charge is -2.30. The Kier molecular flexibility index (Phi) is 2.79. The van der Waals surface area contributed by atoms with E-state index in [1.54, 1.807) is 0 Å². The van der Waals surface area contributed by atoms with Crippen molar-refractivity contribution in [3.8, 4) is 0 Å². The van der Waals surface area contributed by atoms with Crippen LogP contribution in [-0.2, 0) is 0 Å². The van der Waals surface area contributed by atoms with E-state index in [9.17, 15) is 0 Å². The van der Waals surface area contributed by atoms with Crippen molar-refractivity contribution in [1.29, 1.82) is 0 Å². The van der Waals surface area contributed by atoms with Crippen LogP contribution in [0.25, 0.3) is 0 Å². The molecule has 2 rings (SSSR count). The minimum Gasteiger partial charge on any atom is -0.113 e. The van der Waals surface area contributed by atoms with Gasteiger partial charge in [-0.1, -0.05) is 69.6 Å². The second kappa shape index (κ2) is 3.26. The van der Waals surface area contributed by atoms with E-state index in [0.29, 0.717) is 11.1 Å². The van der Waals surface area contributed by atoms with Gasteiger partial charge in [0.1, 0.15) is 0 Å². The second-order valence-corrected chi connectivity index (χ2v) is 6.81. The number of hydrogen-bond donors (Lipinski definition) is 0. The molecule has 2 aliphatic carbocycles. The summed E-state index contributed by atoms with van der Waals surface area (Å²) in [5, 5.41) is -0.146. The maximum absolute atomic E-state index is 6.01. The molecule has 2 bridgehead atoms. The molecule has 0 heterocycles. The molecule has 0 atom stereocenters. The van der Waals surface area contributed by atoms with Gasteiger partial charge in [-0.25, -0.2) is 0 Å². The first kappa shape index (κ1) is 12.0. The van der Waals surface area contributed by atoms with Gasteiger partial charge in [-0.15, -0.1) is 11.6 Å². The molecule has 0 saturated heterocycles. The fraction of sp³-hybridized carbons (Fsp3) is 0.429. The molecule has 0 aromatic heterocycles. The Morgan fingerprint density at radius 2 is 1.07 bits per heavy atom. The summed E-state index contributed by atoms with van der Waals surface area (Å²) < 4.78 is -3.04. The van der Waals surface area contributed by atoms with Crippen molar-refractivity contribution in [3.05, 3.63) is 21.2 Å². The van der Waals surface area contributed by atoms with Crippen molar-refractivity contribution < 1.29 is 0 Å². The van der Waals surface area contributed by atoms with E-state index in [1.165, 1.54) is 0 Å². The molecule has 0 aliphatic heterocycles. The summed E-state index contributed by atoms with van der Waals surface area (Å²) in [5.74, 6) is 0. The van der Waals surface area contributed by atoms with E-state index in [0.717, 1.165) is 0 Å². The van der Waals surface area contributed by atoms with Crippen LogP contribution in [0.3, 0.4) is 0 Å². The van der Waals surface area contributed by atoms with Gasteiger partial charge < -0.3 is 0 Å². The number of fused-ring (bicyclic) bond motifs is 2. The first-order valence-corrected chi connectivity index (χ1v) is 6.13. The SMILES string of the molecule is ClC1=C2C(Cl)C(=C1Cl)C(Cl)(Cl)C2(Cl)Cl. The van der Waals surface area contributed by atoms with Crippen LogP contribution in [0.1, 0.15) is 0 Å². The predicted molar refractivity (Wildman–Crippen MR) is 64.3 cm³/mol. The molecule has 78 valence electrons. The highest BCUT2D eigenvalue weighted by Crippen LogP contribution is 2.67. The van der Waals surface area contributed by atoms with Crippen molar-refractivity contribution in [2.45, 2.75) is 14.0 Å². The fourth-order valence-corrected chi connectivity index (χ4v) is 4.54. The quantitative estimate of drug-likeness (QED) is 0.550. The highest BCUT2D eigenvalue weighted by atomic mass is 35.5. The van der Waals surface area contributed by atoms with Gasteiger partial charge >= 0.3 is 0 Å². The smallest absolute Gasteiger partial charge is 0.113 e. The fourth-order valence-electron chi connectivity index (χ4n) is 1.54. The third-order valence-corrected chi connectivity index (χ3v) is 5.90. The Bertz CT molecular complexity index is 339. The molecule has 14 heavy (non-hydrogen) atoms. The standard InChI is InChI=1S/C7HCl7/c8-3-1-4(9)5(10)2(3)7(13,14)6(1,11)12/h3H. The van der Waals surface area contributed by atoms with E-state index >= 15 is 0 Å². The van der Waals surface area contributed by atoms with Crippen LogP contribution < -0.4 is 0 Å². The third kappa shape index (κ3) is 1.17. The zero-order valence-corrected chi connectivity index (χ0v) is 11.5. The molecule has 7 heteroatoms. The van der Waals surface area contributed by atoms with E-state index in [-0.39, 0.29) is 10.1 Å². The summed E-state index contributed by atoms with van der Waals surface area (Å²) in [6.07, 6.45) is 0. The average molecular weight is 333 g/mol. The van der Waals surface area contributed by atoms with Gasteiger partial charge in [0.15, 0.2) is 8.67 Å². The second-order valence-electron chi connectivity index (χ2n) is 2.97. The number of halogens is 7. The van der Waals surface area contributed by atoms with E-state index in [1.807, 2.05) is 0 Å². The Labute approximate surface area is 116 Å². The highest BCUT2D eigenvalue weighted by Gasteiger charge is 2.66. The van der Waals surface area contributed by atoms with Gasteiger partial charge in [0.25, 0.3) is 0 Å². The molecule has 0 nitrogen and oxygen atoms in total. The average Bonchev–Trinajstić information content (AvgIpc) is 2.29. The first-order chi connectivity index (χ1) is 6.23. The molecular weight excluding hydrogens is 332 g/mol. The Morgan fingerprint density at radius 3 is 1.29 bits per heavy atom. The van der Waals surface area contributed by atoms with Gasteiger partial charge in [0, 0.05) is 11.1 Å². The molecule has 1 fully saturated rings. The van der Waals surface area contributed by atoms with Crippen LogP contribution >= 0.6 is 81.2 Å². The molecular formula is C7HCl7. The topological polar surface area (TPSA) is 0 Å². The summed E-state index contributed by atoms with van der Waals surface area (Å²) >= 11 is 41.8. The largest absolute Gasteiger partial charge is 0.179 e. The maximum Gasteiger partial charge on any atom is 0.179 e. The minimum absolute atomic E-state index is 0.239. The van der Waals surface area contributed by atoms with Crippen LogP contribution in [0.5, 0.6) is 0 Å². The molecule has 1 saturated carbocycles. The zero-order chi connectivity index (χ0) is 10.9. The summed E-state index contributed by atoms with van der Waals surface area (Å²) in [6, 6.07) is 0. The van der Waals surface area contributed by atoms with Crippen LogP contribution in [0.2, 0.25) is 0 Å². The normalized spacial score (nSPS) is 29.4. The molecule has 0 N–H and O–H groups in total. The van der Waals surface area contributed by atoms with Crippen molar-refractivity contribution in [2.75, 3.05) is 0 Å². The predicted octanol–water partition coefficient (Wildman–Crippen LogP) is 4.95. The van der Waals surface area contributed by atoms with E-state index in [2.05, 4.69) is 0 Å². The van der Waals surface area contributed by atoms with Crippen LogP contribution in [-0.4, -0.2) is 14.0 Å². The van der Waals surface area contributed by atoms with Crippen LogP contribution in [0.4, 0.5) is 0 Å². The number of alkyl halides is 5. The van der Waals surface area contributed by atoms with Crippen molar-refractivity contribution >= 4 is 81.2 Å². The molecule has 0 unspecified atom stereocenters. The van der Waals surface area contributed by atoms with Gasteiger partial charge in [-0.2, -0.15) is 0 Å². The Morgan fingerprint density at radius 1 is 0.786 bits per heavy atom. The minimum atomic E-state index is -1.52. The molecule has 0 amide bonds. The number of rotatable bonds is 0. The molecule has 0 spiro atoms. The molecule has 2 aliphatic rings. The Balaban J connectivity index is 2.72. The van der Waals surface area contributed by atoms with Crippen LogP contribution in [0.15, 0.2) is 21.2 Å². The van der Waals surface area contributed by atoms with Gasteiger partial charge in [-0.05, 0) is 0 Å². The number of hydrogen-bond acceptors (Lipinski definition) is 0. The zero-order valence-electron chi connectivity index (χ0n) is 6.22. The van der Waals surface area contributed by atoms with Gasteiger partial charge in [-0.3, -0.25) is 0 Å². The highest BCUT2D eigenvalue weighted by molar-refractivity contribution is 6.69. The van der Waals surface area contributed by atoms with E-state index < -0.39 is 14.0 Å². The molecule has 0 aromatic rings. The van der Waals surface area contributed by atoms with Gasteiger partial charge in [0.2, 0.25) is 0 Å². The maximum atomic E-state index is 6.01. The van der Waals surface area contributed by atoms with Crippen molar-refractivity contribution in [1.82, 2.24) is 0 Å². The van der Waals surface area contributed by atoms with Crippen molar-refractivity contribution in [2.24, 2.45) is 0 Å². The van der Waals surface area contributed by atoms with E-state index in [4.69, 9.17) is 81.2 Å². The lowest BCUT2D eigenvalue weighted by atomic mass is 10.1. The first-order valence-electron chi connectivity index (χ1n) is 3.43. The lowest BCUT2D eigenvalue weighted by Crippen LogP contribution is -2.34. The lowest BCUT2D eigenvalue weighted by molar-refractivity contribution is 0.890. The van der Waals surface area contributed by atoms with Crippen molar-refractivity contribution in [3.63, 3.8) is 0 Å².